The molecule has 6 nitrogen and oxygen atoms in total. The molecular weight excluding hydrogens is 354 g/mol. The van der Waals surface area contributed by atoms with Crippen molar-refractivity contribution in [3.05, 3.63) is 40.4 Å². The monoisotopic (exact) mass is 365 g/mol. The number of halogens is 1. The lowest BCUT2D eigenvalue weighted by atomic mass is 10.2. The molecule has 1 aromatic carbocycles. The Morgan fingerprint density at radius 1 is 1.38 bits per heavy atom. The summed E-state index contributed by atoms with van der Waals surface area (Å²) < 4.78 is 11.3. The minimum absolute atomic E-state index is 0.0614. The summed E-state index contributed by atoms with van der Waals surface area (Å²) in [5, 5.41) is 19.0. The maximum absolute atomic E-state index is 11.1. The number of methoxy groups -OCH3 is 1. The maximum atomic E-state index is 11.1. The van der Waals surface area contributed by atoms with E-state index in [4.69, 9.17) is 25.9 Å². The number of benzene rings is 1. The molecule has 0 saturated heterocycles. The van der Waals surface area contributed by atoms with Gasteiger partial charge in [-0.25, -0.2) is 4.98 Å². The van der Waals surface area contributed by atoms with Crippen LogP contribution in [0, 0.1) is 0 Å². The summed E-state index contributed by atoms with van der Waals surface area (Å²) in [6.07, 6.45) is -0.281. The zero-order chi connectivity index (χ0) is 17.3. The number of rotatable bonds is 5. The summed E-state index contributed by atoms with van der Waals surface area (Å²) in [6.45, 7) is 0. The second-order valence-electron chi connectivity index (χ2n) is 4.86. The molecule has 0 bridgehead atoms. The molecule has 0 aliphatic carbocycles. The third kappa shape index (κ3) is 3.22. The van der Waals surface area contributed by atoms with Crippen LogP contribution < -0.4 is 4.74 Å². The zero-order valence-corrected chi connectivity index (χ0v) is 14.0. The average molecular weight is 366 g/mol. The normalized spacial score (nSPS) is 10.8. The number of hydrogen-bond acceptors (Lipinski definition) is 6. The van der Waals surface area contributed by atoms with E-state index in [0.29, 0.717) is 32.0 Å². The van der Waals surface area contributed by atoms with E-state index >= 15 is 0 Å². The van der Waals surface area contributed by atoms with E-state index < -0.39 is 5.97 Å². The first-order valence-electron chi connectivity index (χ1n) is 6.82. The van der Waals surface area contributed by atoms with Gasteiger partial charge in [0.15, 0.2) is 17.3 Å². The second-order valence-corrected chi connectivity index (χ2v) is 6.57. The van der Waals surface area contributed by atoms with Gasteiger partial charge in [-0.1, -0.05) is 11.6 Å². The number of hydrogen-bond donors (Lipinski definition) is 2. The Morgan fingerprint density at radius 2 is 2.17 bits per heavy atom. The summed E-state index contributed by atoms with van der Waals surface area (Å²) >= 11 is 7.21. The van der Waals surface area contributed by atoms with Gasteiger partial charge in [0.05, 0.1) is 28.4 Å². The van der Waals surface area contributed by atoms with E-state index in [0.717, 1.165) is 0 Å². The molecule has 0 atom stereocenters. The summed E-state index contributed by atoms with van der Waals surface area (Å²) in [7, 11) is 1.45. The predicted molar refractivity (Wildman–Crippen MR) is 89.8 cm³/mol. The Kier molecular flexibility index (Phi) is 4.46. The number of carboxylic acids is 1. The fourth-order valence-corrected chi connectivity index (χ4v) is 3.24. The van der Waals surface area contributed by atoms with E-state index in [9.17, 15) is 9.90 Å². The standard InChI is InChI=1S/C16H12ClNO5S/c1-22-11-3-2-8(6-10(11)19)16-18-9(7-14(20)21)15(23-16)12-4-5-13(17)24-12/h2-6,19H,7H2,1H3,(H,20,21). The lowest BCUT2D eigenvalue weighted by Crippen LogP contribution is -2.01. The van der Waals surface area contributed by atoms with E-state index in [1.54, 1.807) is 24.3 Å². The Bertz CT molecular complexity index is 902. The van der Waals surface area contributed by atoms with Crippen LogP contribution in [0.3, 0.4) is 0 Å². The average Bonchev–Trinajstić information content (AvgIpc) is 3.13. The van der Waals surface area contributed by atoms with Gasteiger partial charge in [0.25, 0.3) is 0 Å². The molecule has 0 amide bonds. The summed E-state index contributed by atoms with van der Waals surface area (Å²) in [5.74, 6) is -0.185. The van der Waals surface area contributed by atoms with E-state index in [-0.39, 0.29) is 18.1 Å². The van der Waals surface area contributed by atoms with Crippen molar-refractivity contribution in [2.75, 3.05) is 7.11 Å². The molecule has 2 aromatic heterocycles. The number of nitrogens with zero attached hydrogens (tertiary/aromatic N) is 1. The molecule has 0 saturated carbocycles. The Balaban J connectivity index is 2.07. The lowest BCUT2D eigenvalue weighted by molar-refractivity contribution is -0.136. The number of aliphatic carboxylic acids is 1. The van der Waals surface area contributed by atoms with Crippen molar-refractivity contribution in [3.63, 3.8) is 0 Å². The van der Waals surface area contributed by atoms with Gasteiger partial charge in [-0.3, -0.25) is 4.79 Å². The van der Waals surface area contributed by atoms with Crippen molar-refractivity contribution in [2.24, 2.45) is 0 Å². The zero-order valence-electron chi connectivity index (χ0n) is 12.4. The van der Waals surface area contributed by atoms with Gasteiger partial charge < -0.3 is 19.4 Å². The van der Waals surface area contributed by atoms with E-state index in [2.05, 4.69) is 4.98 Å². The number of carbonyl (C=O) groups is 1. The molecule has 8 heteroatoms. The Labute approximate surface area is 145 Å². The predicted octanol–water partition coefficient (Wildman–Crippen LogP) is 4.06. The van der Waals surface area contributed by atoms with Gasteiger partial charge >= 0.3 is 5.97 Å². The van der Waals surface area contributed by atoms with Crippen LogP contribution in [0.1, 0.15) is 5.69 Å². The highest BCUT2D eigenvalue weighted by Crippen LogP contribution is 2.37. The van der Waals surface area contributed by atoms with Crippen LogP contribution in [0.5, 0.6) is 11.5 Å². The first-order chi connectivity index (χ1) is 11.5. The molecular formula is C16H12ClNO5S. The summed E-state index contributed by atoms with van der Waals surface area (Å²) in [4.78, 5) is 16.0. The van der Waals surface area contributed by atoms with Gasteiger partial charge in [-0.2, -0.15) is 0 Å². The van der Waals surface area contributed by atoms with Gasteiger partial charge in [0.1, 0.15) is 0 Å². The number of aromatic nitrogens is 1. The van der Waals surface area contributed by atoms with Crippen LogP contribution >= 0.6 is 22.9 Å². The topological polar surface area (TPSA) is 92.8 Å². The van der Waals surface area contributed by atoms with Crippen molar-refractivity contribution in [2.45, 2.75) is 6.42 Å². The smallest absolute Gasteiger partial charge is 0.309 e. The van der Waals surface area contributed by atoms with Crippen LogP contribution in [0.2, 0.25) is 4.34 Å². The molecule has 0 aliphatic rings. The number of carboxylic acid groups (broad SMARTS) is 1. The summed E-state index contributed by atoms with van der Waals surface area (Å²) in [6, 6.07) is 8.13. The van der Waals surface area contributed by atoms with Crippen molar-refractivity contribution in [1.29, 1.82) is 0 Å². The molecule has 3 aromatic rings. The van der Waals surface area contributed by atoms with Crippen molar-refractivity contribution in [1.82, 2.24) is 4.98 Å². The van der Waals surface area contributed by atoms with Crippen LogP contribution in [0.25, 0.3) is 22.1 Å². The van der Waals surface area contributed by atoms with Gasteiger partial charge in [-0.15, -0.1) is 11.3 Å². The van der Waals surface area contributed by atoms with Gasteiger partial charge in [-0.05, 0) is 30.3 Å². The molecule has 3 rings (SSSR count). The number of thiophene rings is 1. The van der Waals surface area contributed by atoms with Crippen molar-refractivity contribution >= 4 is 28.9 Å². The van der Waals surface area contributed by atoms with E-state index in [1.165, 1.54) is 24.5 Å². The Morgan fingerprint density at radius 3 is 2.75 bits per heavy atom. The van der Waals surface area contributed by atoms with Crippen LogP contribution in [-0.4, -0.2) is 28.3 Å². The van der Waals surface area contributed by atoms with E-state index in [1.807, 2.05) is 0 Å². The number of phenolic OH excluding ortho intramolecular Hbond substituents is 1. The fraction of sp³-hybridized carbons (Fsp3) is 0.125. The minimum atomic E-state index is -1.02. The molecule has 124 valence electrons. The molecule has 24 heavy (non-hydrogen) atoms. The third-order valence-electron chi connectivity index (χ3n) is 3.24. The molecule has 0 fully saturated rings. The molecule has 2 heterocycles. The molecule has 0 radical (unpaired) electrons. The van der Waals surface area contributed by atoms with Crippen molar-refractivity contribution in [3.8, 4) is 33.6 Å². The molecule has 2 N–H and O–H groups in total. The number of phenols is 1. The molecule has 0 spiro atoms. The summed E-state index contributed by atoms with van der Waals surface area (Å²) in [5.41, 5.74) is 0.806. The maximum Gasteiger partial charge on any atom is 0.309 e. The molecule has 0 unspecified atom stereocenters. The minimum Gasteiger partial charge on any atom is -0.504 e. The number of ether oxygens (including phenoxy) is 1. The quantitative estimate of drug-likeness (QED) is 0.708. The van der Waals surface area contributed by atoms with Crippen molar-refractivity contribution < 1.29 is 24.2 Å². The van der Waals surface area contributed by atoms with Crippen LogP contribution in [0.15, 0.2) is 34.7 Å². The lowest BCUT2D eigenvalue weighted by Gasteiger charge is -2.03. The van der Waals surface area contributed by atoms with Gasteiger partial charge in [0, 0.05) is 5.56 Å². The number of aromatic hydroxyl groups is 1. The second kappa shape index (κ2) is 6.54. The van der Waals surface area contributed by atoms with Crippen LogP contribution in [0.4, 0.5) is 0 Å². The highest BCUT2D eigenvalue weighted by molar-refractivity contribution is 7.19. The largest absolute Gasteiger partial charge is 0.504 e. The SMILES string of the molecule is COc1ccc(-c2nc(CC(=O)O)c(-c3ccc(Cl)s3)o2)cc1O. The Hall–Kier alpha value is -2.51. The first kappa shape index (κ1) is 16.4. The highest BCUT2D eigenvalue weighted by Gasteiger charge is 2.20. The molecule has 0 aliphatic heterocycles. The van der Waals surface area contributed by atoms with Gasteiger partial charge in [0.2, 0.25) is 5.89 Å². The fourth-order valence-electron chi connectivity index (χ4n) is 2.19. The number of oxazole rings is 1. The van der Waals surface area contributed by atoms with Crippen LogP contribution in [-0.2, 0) is 11.2 Å². The first-order valence-corrected chi connectivity index (χ1v) is 8.02. The highest BCUT2D eigenvalue weighted by atomic mass is 35.5. The third-order valence-corrected chi connectivity index (χ3v) is 4.47.